The summed E-state index contributed by atoms with van der Waals surface area (Å²) in [5.74, 6) is 0.566. The summed E-state index contributed by atoms with van der Waals surface area (Å²) in [6.45, 7) is 0. The predicted octanol–water partition coefficient (Wildman–Crippen LogP) is 2.47. The fourth-order valence-electron chi connectivity index (χ4n) is 2.31. The van der Waals surface area contributed by atoms with Gasteiger partial charge in [-0.25, -0.2) is 4.98 Å². The Morgan fingerprint density at radius 1 is 1.05 bits per heavy atom. The van der Waals surface area contributed by atoms with Gasteiger partial charge < -0.3 is 4.98 Å². The monoisotopic (exact) mass is 262 g/mol. The molecular weight excluding hydrogens is 252 g/mol. The van der Waals surface area contributed by atoms with Crippen molar-refractivity contribution in [2.45, 2.75) is 0 Å². The maximum atomic E-state index is 12.1. The van der Waals surface area contributed by atoms with E-state index >= 15 is 0 Å². The second-order valence-electron chi connectivity index (χ2n) is 4.60. The molecule has 2 heterocycles. The van der Waals surface area contributed by atoms with Gasteiger partial charge >= 0.3 is 0 Å². The Morgan fingerprint density at radius 2 is 1.95 bits per heavy atom. The van der Waals surface area contributed by atoms with Crippen LogP contribution in [0, 0.1) is 0 Å². The van der Waals surface area contributed by atoms with Crippen LogP contribution in [0.25, 0.3) is 33.2 Å². The highest BCUT2D eigenvalue weighted by Gasteiger charge is 2.06. The Kier molecular flexibility index (Phi) is 2.20. The number of aromatic nitrogens is 4. The van der Waals surface area contributed by atoms with Gasteiger partial charge in [-0.1, -0.05) is 12.1 Å². The van der Waals surface area contributed by atoms with Crippen molar-refractivity contribution in [3.8, 4) is 11.4 Å². The maximum absolute atomic E-state index is 12.1. The van der Waals surface area contributed by atoms with Crippen LogP contribution in [0.4, 0.5) is 0 Å². The molecule has 0 saturated carbocycles. The Balaban J connectivity index is 1.99. The fourth-order valence-corrected chi connectivity index (χ4v) is 2.31. The van der Waals surface area contributed by atoms with E-state index in [4.69, 9.17) is 0 Å². The Labute approximate surface area is 113 Å². The molecule has 20 heavy (non-hydrogen) atoms. The number of aromatic amines is 2. The number of hydrogen-bond donors (Lipinski definition) is 2. The number of rotatable bonds is 1. The molecule has 2 aromatic heterocycles. The Hall–Kier alpha value is -2.95. The van der Waals surface area contributed by atoms with E-state index in [1.54, 1.807) is 12.3 Å². The lowest BCUT2D eigenvalue weighted by Crippen LogP contribution is -2.09. The van der Waals surface area contributed by atoms with E-state index in [9.17, 15) is 4.79 Å². The molecule has 0 spiro atoms. The second kappa shape index (κ2) is 4.03. The normalized spacial score (nSPS) is 11.2. The van der Waals surface area contributed by atoms with Gasteiger partial charge in [0.05, 0.1) is 22.6 Å². The number of nitrogens with zero attached hydrogens (tertiary/aromatic N) is 2. The second-order valence-corrected chi connectivity index (χ2v) is 4.60. The van der Waals surface area contributed by atoms with Gasteiger partial charge in [0, 0.05) is 10.9 Å². The highest BCUT2D eigenvalue weighted by Crippen LogP contribution is 2.20. The number of para-hydroxylation sites is 1. The van der Waals surface area contributed by atoms with Gasteiger partial charge in [-0.05, 0) is 30.3 Å². The van der Waals surface area contributed by atoms with E-state index in [1.807, 2.05) is 36.4 Å². The molecule has 0 amide bonds. The van der Waals surface area contributed by atoms with Crippen LogP contribution in [0.2, 0.25) is 0 Å². The van der Waals surface area contributed by atoms with Crippen LogP contribution >= 0.6 is 0 Å². The standard InChI is InChI=1S/C15H10N4O/c20-15-11-3-1-2-4-13(11)17-14(18-15)9-5-6-12-10(7-9)8-16-19-12/h1-8H,(H,16,19)(H,17,18,20). The van der Waals surface area contributed by atoms with Crippen molar-refractivity contribution < 1.29 is 0 Å². The zero-order valence-corrected chi connectivity index (χ0v) is 10.4. The average Bonchev–Trinajstić information content (AvgIpc) is 2.94. The van der Waals surface area contributed by atoms with Crippen LogP contribution in [0.15, 0.2) is 53.5 Å². The fraction of sp³-hybridized carbons (Fsp3) is 0. The summed E-state index contributed by atoms with van der Waals surface area (Å²) in [6.07, 6.45) is 1.75. The molecule has 0 saturated heterocycles. The van der Waals surface area contributed by atoms with Crippen molar-refractivity contribution in [2.75, 3.05) is 0 Å². The third kappa shape index (κ3) is 1.60. The molecule has 4 aromatic rings. The first-order chi connectivity index (χ1) is 9.81. The molecule has 96 valence electrons. The lowest BCUT2D eigenvalue weighted by molar-refractivity contribution is 1.12. The number of hydrogen-bond acceptors (Lipinski definition) is 3. The molecule has 0 radical (unpaired) electrons. The molecule has 5 nitrogen and oxygen atoms in total. The summed E-state index contributed by atoms with van der Waals surface area (Å²) < 4.78 is 0. The summed E-state index contributed by atoms with van der Waals surface area (Å²) in [7, 11) is 0. The van der Waals surface area contributed by atoms with E-state index in [1.165, 1.54) is 0 Å². The molecule has 4 rings (SSSR count). The van der Waals surface area contributed by atoms with Crippen LogP contribution in [0.5, 0.6) is 0 Å². The molecule has 0 bridgehead atoms. The van der Waals surface area contributed by atoms with Crippen molar-refractivity contribution in [2.24, 2.45) is 0 Å². The van der Waals surface area contributed by atoms with Crippen molar-refractivity contribution in [1.29, 1.82) is 0 Å². The first-order valence-electron chi connectivity index (χ1n) is 6.24. The minimum Gasteiger partial charge on any atom is -0.306 e. The van der Waals surface area contributed by atoms with Gasteiger partial charge in [-0.2, -0.15) is 5.10 Å². The summed E-state index contributed by atoms with van der Waals surface area (Å²) >= 11 is 0. The molecule has 0 fully saturated rings. The molecule has 0 unspecified atom stereocenters. The molecule has 5 heteroatoms. The summed E-state index contributed by atoms with van der Waals surface area (Å²) in [4.78, 5) is 19.4. The lowest BCUT2D eigenvalue weighted by Gasteiger charge is -2.03. The zero-order chi connectivity index (χ0) is 13.5. The van der Waals surface area contributed by atoms with Crippen molar-refractivity contribution in [3.63, 3.8) is 0 Å². The zero-order valence-electron chi connectivity index (χ0n) is 10.4. The van der Waals surface area contributed by atoms with Gasteiger partial charge in [-0.3, -0.25) is 9.89 Å². The molecule has 2 aromatic carbocycles. The first kappa shape index (κ1) is 10.9. The molecule has 2 N–H and O–H groups in total. The van der Waals surface area contributed by atoms with E-state index in [-0.39, 0.29) is 5.56 Å². The Morgan fingerprint density at radius 3 is 2.90 bits per heavy atom. The predicted molar refractivity (Wildman–Crippen MR) is 77.5 cm³/mol. The lowest BCUT2D eigenvalue weighted by atomic mass is 10.1. The summed E-state index contributed by atoms with van der Waals surface area (Å²) in [6, 6.07) is 13.1. The van der Waals surface area contributed by atoms with Crippen LogP contribution in [-0.2, 0) is 0 Å². The quantitative estimate of drug-likeness (QED) is 0.553. The summed E-state index contributed by atoms with van der Waals surface area (Å²) in [5, 5.41) is 8.47. The van der Waals surface area contributed by atoms with E-state index in [2.05, 4.69) is 20.2 Å². The van der Waals surface area contributed by atoms with Gasteiger partial charge in [0.1, 0.15) is 5.82 Å². The van der Waals surface area contributed by atoms with E-state index in [0.717, 1.165) is 16.5 Å². The number of benzene rings is 2. The number of nitrogens with one attached hydrogen (secondary N) is 2. The topological polar surface area (TPSA) is 74.4 Å². The smallest absolute Gasteiger partial charge is 0.259 e. The van der Waals surface area contributed by atoms with E-state index in [0.29, 0.717) is 16.7 Å². The molecule has 0 aliphatic heterocycles. The molecule has 0 aliphatic carbocycles. The largest absolute Gasteiger partial charge is 0.306 e. The molecular formula is C15H10N4O. The minimum absolute atomic E-state index is 0.127. The molecule has 0 aliphatic rings. The van der Waals surface area contributed by atoms with Crippen LogP contribution in [0.3, 0.4) is 0 Å². The highest BCUT2D eigenvalue weighted by molar-refractivity contribution is 5.84. The van der Waals surface area contributed by atoms with Crippen LogP contribution < -0.4 is 5.56 Å². The van der Waals surface area contributed by atoms with Crippen molar-refractivity contribution in [1.82, 2.24) is 20.2 Å². The average molecular weight is 262 g/mol. The Bertz CT molecular complexity index is 984. The maximum Gasteiger partial charge on any atom is 0.259 e. The first-order valence-corrected chi connectivity index (χ1v) is 6.24. The van der Waals surface area contributed by atoms with Crippen LogP contribution in [0.1, 0.15) is 0 Å². The molecule has 0 atom stereocenters. The third-order valence-corrected chi connectivity index (χ3v) is 3.33. The van der Waals surface area contributed by atoms with Crippen molar-refractivity contribution >= 4 is 21.8 Å². The number of H-pyrrole nitrogens is 2. The third-order valence-electron chi connectivity index (χ3n) is 3.33. The van der Waals surface area contributed by atoms with Gasteiger partial charge in [-0.15, -0.1) is 0 Å². The van der Waals surface area contributed by atoms with Gasteiger partial charge in [0.15, 0.2) is 0 Å². The SMILES string of the molecule is O=c1[nH]c(-c2ccc3[nH]ncc3c2)nc2ccccc12. The highest BCUT2D eigenvalue weighted by atomic mass is 16.1. The minimum atomic E-state index is -0.127. The van der Waals surface area contributed by atoms with Crippen LogP contribution in [-0.4, -0.2) is 20.2 Å². The summed E-state index contributed by atoms with van der Waals surface area (Å²) in [5.41, 5.74) is 2.38. The van der Waals surface area contributed by atoms with Crippen molar-refractivity contribution in [3.05, 3.63) is 59.0 Å². The number of fused-ring (bicyclic) bond motifs is 2. The van der Waals surface area contributed by atoms with Gasteiger partial charge in [0.25, 0.3) is 5.56 Å². The van der Waals surface area contributed by atoms with Gasteiger partial charge in [0.2, 0.25) is 0 Å². The van der Waals surface area contributed by atoms with E-state index < -0.39 is 0 Å².